The minimum Gasteiger partial charge on any atom is -0.378 e. The average Bonchev–Trinajstić information content (AvgIpc) is 2.74. The zero-order chi connectivity index (χ0) is 20.2. The molecule has 2 heterocycles. The van der Waals surface area contributed by atoms with Crippen LogP contribution in [0.2, 0.25) is 0 Å². The molecule has 0 saturated carbocycles. The molecule has 29 heavy (non-hydrogen) atoms. The van der Waals surface area contributed by atoms with Crippen LogP contribution in [-0.4, -0.2) is 68.2 Å². The number of rotatable bonds is 4. The Morgan fingerprint density at radius 1 is 0.897 bits per heavy atom. The number of morpholine rings is 1. The molecular weight excluding hydrogens is 376 g/mol. The third-order valence-electron chi connectivity index (χ3n) is 5.47. The Morgan fingerprint density at radius 3 is 2.24 bits per heavy atom. The maximum absolute atomic E-state index is 13.4. The zero-order valence-electron chi connectivity index (χ0n) is 16.3. The fraction of sp³-hybridized carbons (Fsp3) is 0.409. The van der Waals surface area contributed by atoms with Crippen molar-refractivity contribution in [1.82, 2.24) is 9.80 Å². The summed E-state index contributed by atoms with van der Waals surface area (Å²) < 4.78 is 32.2. The summed E-state index contributed by atoms with van der Waals surface area (Å²) in [7, 11) is 0. The molecule has 2 fully saturated rings. The van der Waals surface area contributed by atoms with Gasteiger partial charge in [-0.25, -0.2) is 8.78 Å². The minimum atomic E-state index is -0.562. The number of nitrogens with zero attached hydrogens (tertiary/aromatic N) is 3. The van der Waals surface area contributed by atoms with Crippen molar-refractivity contribution in [2.45, 2.75) is 6.54 Å². The number of carbonyl (C=O) groups is 1. The van der Waals surface area contributed by atoms with Gasteiger partial charge in [-0.3, -0.25) is 9.69 Å². The molecule has 0 bridgehead atoms. The molecule has 0 aromatic heterocycles. The molecule has 154 valence electrons. The summed E-state index contributed by atoms with van der Waals surface area (Å²) in [5.41, 5.74) is 2.29. The van der Waals surface area contributed by atoms with E-state index in [1.165, 1.54) is 12.1 Å². The van der Waals surface area contributed by atoms with E-state index in [0.29, 0.717) is 51.5 Å². The van der Waals surface area contributed by atoms with Gasteiger partial charge in [-0.2, -0.15) is 0 Å². The molecule has 0 aliphatic carbocycles. The molecule has 5 nitrogen and oxygen atoms in total. The minimum absolute atomic E-state index is 0.0311. The molecule has 4 rings (SSSR count). The number of hydrogen-bond acceptors (Lipinski definition) is 4. The van der Waals surface area contributed by atoms with Gasteiger partial charge < -0.3 is 14.5 Å². The van der Waals surface area contributed by atoms with Crippen molar-refractivity contribution in [2.75, 3.05) is 57.4 Å². The van der Waals surface area contributed by atoms with Gasteiger partial charge in [0.05, 0.1) is 18.8 Å². The number of piperazine rings is 1. The van der Waals surface area contributed by atoms with Crippen molar-refractivity contribution in [3.05, 3.63) is 65.2 Å². The highest BCUT2D eigenvalue weighted by Gasteiger charge is 2.25. The second-order valence-electron chi connectivity index (χ2n) is 7.46. The molecule has 7 heteroatoms. The lowest BCUT2D eigenvalue weighted by Crippen LogP contribution is -2.48. The molecule has 2 aliphatic heterocycles. The van der Waals surface area contributed by atoms with Crippen molar-refractivity contribution in [3.8, 4) is 0 Å². The number of halogens is 2. The van der Waals surface area contributed by atoms with Gasteiger partial charge in [-0.1, -0.05) is 12.1 Å². The Morgan fingerprint density at radius 2 is 1.55 bits per heavy atom. The van der Waals surface area contributed by atoms with Crippen LogP contribution in [0.4, 0.5) is 14.5 Å². The summed E-state index contributed by atoms with van der Waals surface area (Å²) in [6.45, 7) is 5.89. The first kappa shape index (κ1) is 19.8. The number of benzene rings is 2. The Labute approximate surface area is 169 Å². The molecule has 2 saturated heterocycles. The second-order valence-corrected chi connectivity index (χ2v) is 7.46. The molecule has 2 aromatic carbocycles. The van der Waals surface area contributed by atoms with Crippen LogP contribution >= 0.6 is 0 Å². The third-order valence-corrected chi connectivity index (χ3v) is 5.47. The summed E-state index contributed by atoms with van der Waals surface area (Å²) in [6.07, 6.45) is 0. The van der Waals surface area contributed by atoms with Gasteiger partial charge >= 0.3 is 0 Å². The van der Waals surface area contributed by atoms with Crippen molar-refractivity contribution in [2.24, 2.45) is 0 Å². The Balaban J connectivity index is 1.39. The molecule has 2 aromatic rings. The third kappa shape index (κ3) is 4.74. The first-order valence-corrected chi connectivity index (χ1v) is 9.98. The van der Waals surface area contributed by atoms with E-state index in [4.69, 9.17) is 4.74 Å². The molecule has 0 unspecified atom stereocenters. The highest BCUT2D eigenvalue weighted by atomic mass is 19.1. The normalized spacial score (nSPS) is 18.1. The van der Waals surface area contributed by atoms with E-state index < -0.39 is 11.6 Å². The van der Waals surface area contributed by atoms with Gasteiger partial charge in [0, 0.05) is 57.6 Å². The highest BCUT2D eigenvalue weighted by molar-refractivity contribution is 6.00. The highest BCUT2D eigenvalue weighted by Crippen LogP contribution is 2.24. The van der Waals surface area contributed by atoms with Gasteiger partial charge in [0.1, 0.15) is 11.6 Å². The Bertz CT molecular complexity index is 843. The van der Waals surface area contributed by atoms with E-state index in [2.05, 4.69) is 9.80 Å². The molecule has 0 N–H and O–H groups in total. The van der Waals surface area contributed by atoms with E-state index in [9.17, 15) is 13.6 Å². The van der Waals surface area contributed by atoms with Crippen molar-refractivity contribution in [3.63, 3.8) is 0 Å². The summed E-state index contributed by atoms with van der Waals surface area (Å²) in [5.74, 6) is -1.09. The van der Waals surface area contributed by atoms with Crippen molar-refractivity contribution >= 4 is 11.6 Å². The van der Waals surface area contributed by atoms with Crippen LogP contribution in [0.3, 0.4) is 0 Å². The van der Waals surface area contributed by atoms with Crippen LogP contribution < -0.4 is 4.90 Å². The number of carbonyl (C=O) groups excluding carboxylic acids is 1. The lowest BCUT2D eigenvalue weighted by molar-refractivity contribution is 0.0628. The van der Waals surface area contributed by atoms with Crippen LogP contribution in [-0.2, 0) is 11.3 Å². The summed E-state index contributed by atoms with van der Waals surface area (Å²) in [6, 6.07) is 11.3. The van der Waals surface area contributed by atoms with E-state index in [-0.39, 0.29) is 5.91 Å². The number of hydrogen-bond donors (Lipinski definition) is 0. The van der Waals surface area contributed by atoms with Gasteiger partial charge in [0.15, 0.2) is 0 Å². The number of ether oxygens (including phenoxy) is 1. The van der Waals surface area contributed by atoms with Gasteiger partial charge in [0.25, 0.3) is 5.91 Å². The predicted octanol–water partition coefficient (Wildman–Crippen LogP) is 2.76. The SMILES string of the molecule is O=C(c1ccccc1N1CCOCC1)N1CCN(Cc2cc(F)cc(F)c2)CC1. The summed E-state index contributed by atoms with van der Waals surface area (Å²) in [5, 5.41) is 0. The molecule has 0 radical (unpaired) electrons. The van der Waals surface area contributed by atoms with Gasteiger partial charge in [0.2, 0.25) is 0 Å². The van der Waals surface area contributed by atoms with E-state index in [1.807, 2.05) is 29.2 Å². The van der Waals surface area contributed by atoms with Crippen LogP contribution in [0.5, 0.6) is 0 Å². The monoisotopic (exact) mass is 401 g/mol. The molecular formula is C22H25F2N3O2. The maximum atomic E-state index is 13.4. The molecule has 2 aliphatic rings. The fourth-order valence-corrected chi connectivity index (χ4v) is 3.97. The smallest absolute Gasteiger partial charge is 0.256 e. The van der Waals surface area contributed by atoms with E-state index in [0.717, 1.165) is 30.4 Å². The summed E-state index contributed by atoms with van der Waals surface area (Å²) in [4.78, 5) is 19.3. The Kier molecular flexibility index (Phi) is 6.06. The number of anilines is 1. The lowest BCUT2D eigenvalue weighted by atomic mass is 10.1. The first-order chi connectivity index (χ1) is 14.1. The van der Waals surface area contributed by atoms with Crippen LogP contribution in [0.15, 0.2) is 42.5 Å². The Hall–Kier alpha value is -2.51. The average molecular weight is 401 g/mol. The number of amides is 1. The van der Waals surface area contributed by atoms with Crippen LogP contribution in [0.25, 0.3) is 0 Å². The standard InChI is InChI=1S/C22H25F2N3O2/c23-18-13-17(14-19(24)15-18)16-25-5-7-27(8-6-25)22(28)20-3-1-2-4-21(20)26-9-11-29-12-10-26/h1-4,13-15H,5-12,16H2. The zero-order valence-corrected chi connectivity index (χ0v) is 16.3. The van der Waals surface area contributed by atoms with E-state index in [1.54, 1.807) is 0 Å². The first-order valence-electron chi connectivity index (χ1n) is 9.98. The second kappa shape index (κ2) is 8.88. The number of para-hydroxylation sites is 1. The predicted molar refractivity (Wildman–Crippen MR) is 107 cm³/mol. The summed E-state index contributed by atoms with van der Waals surface area (Å²) >= 11 is 0. The largest absolute Gasteiger partial charge is 0.378 e. The van der Waals surface area contributed by atoms with Crippen molar-refractivity contribution < 1.29 is 18.3 Å². The molecule has 0 atom stereocenters. The van der Waals surface area contributed by atoms with Gasteiger partial charge in [-0.15, -0.1) is 0 Å². The van der Waals surface area contributed by atoms with E-state index >= 15 is 0 Å². The van der Waals surface area contributed by atoms with Crippen LogP contribution in [0, 0.1) is 11.6 Å². The van der Waals surface area contributed by atoms with Crippen LogP contribution in [0.1, 0.15) is 15.9 Å². The topological polar surface area (TPSA) is 36.0 Å². The quantitative estimate of drug-likeness (QED) is 0.790. The van der Waals surface area contributed by atoms with Gasteiger partial charge in [-0.05, 0) is 29.8 Å². The maximum Gasteiger partial charge on any atom is 0.256 e. The fourth-order valence-electron chi connectivity index (χ4n) is 3.97. The molecule has 1 amide bonds. The molecule has 0 spiro atoms. The van der Waals surface area contributed by atoms with Crippen molar-refractivity contribution in [1.29, 1.82) is 0 Å². The lowest BCUT2D eigenvalue weighted by Gasteiger charge is -2.36.